The molecule has 0 unspecified atom stereocenters. The maximum atomic E-state index is 13.3. The lowest BCUT2D eigenvalue weighted by Crippen LogP contribution is -2.19. The first-order valence-corrected chi connectivity index (χ1v) is 12.8. The van der Waals surface area contributed by atoms with E-state index in [0.29, 0.717) is 4.88 Å². The van der Waals surface area contributed by atoms with E-state index in [4.69, 9.17) is 18.1 Å². The van der Waals surface area contributed by atoms with Crippen molar-refractivity contribution in [2.24, 2.45) is 0 Å². The summed E-state index contributed by atoms with van der Waals surface area (Å²) in [5.41, 5.74) is 0. The van der Waals surface area contributed by atoms with Crippen LogP contribution in [0.15, 0.2) is 17.5 Å². The highest BCUT2D eigenvalue weighted by molar-refractivity contribution is 7.72. The zero-order chi connectivity index (χ0) is 19.6. The molecular formula is C16H28O7P2S. The zero-order valence-electron chi connectivity index (χ0n) is 15.7. The summed E-state index contributed by atoms with van der Waals surface area (Å²) in [6, 6.07) is 3.50. The van der Waals surface area contributed by atoms with Gasteiger partial charge < -0.3 is 18.1 Å². The Bertz CT molecular complexity index is 583. The smallest absolute Gasteiger partial charge is 0.308 e. The van der Waals surface area contributed by atoms with E-state index in [9.17, 15) is 13.9 Å². The van der Waals surface area contributed by atoms with Crippen LogP contribution in [0.5, 0.6) is 0 Å². The van der Waals surface area contributed by atoms with Crippen LogP contribution in [0.25, 0.3) is 0 Å². The first-order valence-electron chi connectivity index (χ1n) is 8.71. The zero-order valence-corrected chi connectivity index (χ0v) is 18.3. The topological polar surface area (TPSA) is 88.1 Å². The molecule has 0 aliphatic heterocycles. The lowest BCUT2D eigenvalue weighted by molar-refractivity contribution is 0.0983. The molecule has 0 saturated heterocycles. The Balaban J connectivity index is 3.15. The monoisotopic (exact) mass is 426 g/mol. The van der Waals surface area contributed by atoms with Crippen molar-refractivity contribution in [1.82, 2.24) is 0 Å². The van der Waals surface area contributed by atoms with Crippen molar-refractivity contribution in [1.29, 1.82) is 0 Å². The maximum absolute atomic E-state index is 13.3. The Morgan fingerprint density at radius 2 is 1.42 bits per heavy atom. The van der Waals surface area contributed by atoms with Gasteiger partial charge in [0, 0.05) is 6.42 Å². The van der Waals surface area contributed by atoms with Crippen molar-refractivity contribution in [3.63, 3.8) is 0 Å². The van der Waals surface area contributed by atoms with E-state index in [1.54, 1.807) is 45.2 Å². The first kappa shape index (κ1) is 23.7. The van der Waals surface area contributed by atoms with Gasteiger partial charge in [-0.3, -0.25) is 13.9 Å². The number of carbonyl (C=O) groups excluding carboxylic acids is 1. The third-order valence-corrected chi connectivity index (χ3v) is 10.4. The number of ketones is 1. The van der Waals surface area contributed by atoms with Crippen molar-refractivity contribution >= 4 is 32.3 Å². The van der Waals surface area contributed by atoms with Gasteiger partial charge in [-0.25, -0.2) is 0 Å². The second kappa shape index (κ2) is 11.5. The molecule has 0 radical (unpaired) electrons. The highest BCUT2D eigenvalue weighted by Gasteiger charge is 2.50. The van der Waals surface area contributed by atoms with Crippen LogP contribution < -0.4 is 0 Å². The molecule has 0 spiro atoms. The summed E-state index contributed by atoms with van der Waals surface area (Å²) in [6.07, 6.45) is 0.0603. The van der Waals surface area contributed by atoms with Gasteiger partial charge in [0.15, 0.2) is 11.2 Å². The van der Waals surface area contributed by atoms with Gasteiger partial charge in [0.25, 0.3) is 0 Å². The highest BCUT2D eigenvalue weighted by Crippen LogP contribution is 2.71. The number of Topliss-reactive ketones (excluding diaryl/α,β-unsaturated/α-hetero) is 1. The summed E-state index contributed by atoms with van der Waals surface area (Å²) >= 11 is 1.33. The van der Waals surface area contributed by atoms with Gasteiger partial charge in [0.2, 0.25) is 0 Å². The third-order valence-electron chi connectivity index (χ3n) is 3.39. The minimum absolute atomic E-state index is 0.0191. The molecule has 1 aromatic heterocycles. The van der Waals surface area contributed by atoms with E-state index in [-0.39, 0.29) is 45.1 Å². The molecule has 150 valence electrons. The van der Waals surface area contributed by atoms with Gasteiger partial charge >= 0.3 is 15.2 Å². The Morgan fingerprint density at radius 1 is 0.962 bits per heavy atom. The van der Waals surface area contributed by atoms with Crippen molar-refractivity contribution in [2.45, 2.75) is 45.9 Å². The average Bonchev–Trinajstić information content (AvgIpc) is 3.10. The Labute approximate surface area is 159 Å². The number of hydrogen-bond donors (Lipinski definition) is 0. The lowest BCUT2D eigenvalue weighted by Gasteiger charge is -2.31. The van der Waals surface area contributed by atoms with Crippen LogP contribution in [0, 0.1) is 0 Å². The summed E-state index contributed by atoms with van der Waals surface area (Å²) < 4.78 is 48.2. The summed E-state index contributed by atoms with van der Waals surface area (Å²) in [4.78, 5) is 13.0. The van der Waals surface area contributed by atoms with E-state index in [1.807, 2.05) is 0 Å². The Morgan fingerprint density at radius 3 is 1.77 bits per heavy atom. The molecule has 0 bridgehead atoms. The van der Waals surface area contributed by atoms with Crippen LogP contribution in [0.1, 0.15) is 50.2 Å². The number of hydrogen-bond acceptors (Lipinski definition) is 8. The highest BCUT2D eigenvalue weighted by atomic mass is 32.1. The molecule has 0 aliphatic rings. The molecule has 1 heterocycles. The molecule has 0 atom stereocenters. The maximum Gasteiger partial charge on any atom is 0.345 e. The fraction of sp³-hybridized carbons (Fsp3) is 0.688. The van der Waals surface area contributed by atoms with Crippen LogP contribution >= 0.6 is 26.5 Å². The summed E-state index contributed by atoms with van der Waals surface area (Å²) in [5.74, 6) is -0.121. The molecule has 0 fully saturated rings. The molecule has 1 rings (SSSR count). The van der Waals surface area contributed by atoms with Gasteiger partial charge in [-0.15, -0.1) is 11.3 Å². The molecule has 26 heavy (non-hydrogen) atoms. The molecule has 7 nitrogen and oxygen atoms in total. The number of carbonyl (C=O) groups is 1. The van der Waals surface area contributed by atoms with Crippen LogP contribution in [0.4, 0.5) is 0 Å². The van der Waals surface area contributed by atoms with E-state index in [0.717, 1.165) is 0 Å². The number of thiophene rings is 1. The quantitative estimate of drug-likeness (QED) is 0.284. The Kier molecular flexibility index (Phi) is 10.5. The minimum atomic E-state index is -3.81. The minimum Gasteiger partial charge on any atom is -0.308 e. The predicted molar refractivity (Wildman–Crippen MR) is 103 cm³/mol. The normalized spacial score (nSPS) is 12.7. The van der Waals surface area contributed by atoms with Crippen molar-refractivity contribution in [2.75, 3.05) is 26.4 Å². The third kappa shape index (κ3) is 6.38. The van der Waals surface area contributed by atoms with Crippen LogP contribution in [-0.4, -0.2) is 37.6 Å². The molecule has 10 heteroatoms. The summed E-state index contributed by atoms with van der Waals surface area (Å²) in [7, 11) is -7.61. The van der Waals surface area contributed by atoms with Crippen molar-refractivity contribution in [3.8, 4) is 0 Å². The largest absolute Gasteiger partial charge is 0.345 e. The van der Waals surface area contributed by atoms with Gasteiger partial charge in [0.05, 0.1) is 31.3 Å². The molecule has 0 N–H and O–H groups in total. The SMILES string of the molecule is CCOP(=O)(OCC)C(CCC(=O)c1cccs1)P(=O)(OCC)OCC. The van der Waals surface area contributed by atoms with Crippen LogP contribution in [0.2, 0.25) is 0 Å². The molecule has 0 aliphatic carbocycles. The van der Waals surface area contributed by atoms with E-state index in [2.05, 4.69) is 0 Å². The molecule has 1 aromatic rings. The summed E-state index contributed by atoms with van der Waals surface area (Å²) in [5, 5.41) is 0.653. The van der Waals surface area contributed by atoms with Gasteiger partial charge in [0.1, 0.15) is 0 Å². The molecule has 0 amide bonds. The van der Waals surface area contributed by atoms with E-state index < -0.39 is 20.6 Å². The van der Waals surface area contributed by atoms with Crippen molar-refractivity contribution in [3.05, 3.63) is 22.4 Å². The first-order chi connectivity index (χ1) is 12.4. The van der Waals surface area contributed by atoms with Gasteiger partial charge in [-0.05, 0) is 45.6 Å². The predicted octanol–water partition coefficient (Wildman–Crippen LogP) is 5.57. The molecule has 0 aromatic carbocycles. The molecule has 0 saturated carbocycles. The van der Waals surface area contributed by atoms with Crippen LogP contribution in [-0.2, 0) is 27.2 Å². The second-order valence-electron chi connectivity index (χ2n) is 5.17. The number of rotatable bonds is 14. The van der Waals surface area contributed by atoms with Crippen molar-refractivity contribution < 1.29 is 32.0 Å². The van der Waals surface area contributed by atoms with Gasteiger partial charge in [-0.1, -0.05) is 6.07 Å². The van der Waals surface area contributed by atoms with Crippen LogP contribution in [0.3, 0.4) is 0 Å². The standard InChI is InChI=1S/C16H28O7P2S/c1-5-20-24(18,21-6-2)16(25(19,22-7-3)23-8-4)12-11-14(17)15-10-9-13-26-15/h9-10,13,16H,5-8,11-12H2,1-4H3. The van der Waals surface area contributed by atoms with E-state index >= 15 is 0 Å². The fourth-order valence-corrected chi connectivity index (χ4v) is 8.50. The second-order valence-corrected chi connectivity index (χ2v) is 11.0. The fourth-order valence-electron chi connectivity index (χ4n) is 2.45. The van der Waals surface area contributed by atoms with Gasteiger partial charge in [-0.2, -0.15) is 0 Å². The molecular weight excluding hydrogens is 398 g/mol. The summed E-state index contributed by atoms with van der Waals surface area (Å²) in [6.45, 7) is 7.15. The Hall–Kier alpha value is -0.330. The van der Waals surface area contributed by atoms with E-state index in [1.165, 1.54) is 11.3 Å². The average molecular weight is 426 g/mol. The lowest BCUT2D eigenvalue weighted by atomic mass is 10.2.